The Kier molecular flexibility index (Phi) is 8.43. The van der Waals surface area contributed by atoms with Crippen LogP contribution >= 0.6 is 0 Å². The van der Waals surface area contributed by atoms with Crippen molar-refractivity contribution in [2.45, 2.75) is 65.3 Å². The van der Waals surface area contributed by atoms with Crippen molar-refractivity contribution in [3.63, 3.8) is 0 Å². The molecule has 0 radical (unpaired) electrons. The van der Waals surface area contributed by atoms with Gasteiger partial charge in [0.1, 0.15) is 5.78 Å². The van der Waals surface area contributed by atoms with E-state index in [2.05, 4.69) is 4.72 Å². The van der Waals surface area contributed by atoms with Crippen molar-refractivity contribution < 1.29 is 13.2 Å². The maximum absolute atomic E-state index is 11.5. The number of hydrogen-bond acceptors (Lipinski definition) is 3. The molecule has 0 fully saturated rings. The summed E-state index contributed by atoms with van der Waals surface area (Å²) in [6.45, 7) is 5.24. The van der Waals surface area contributed by atoms with E-state index in [9.17, 15) is 13.2 Å². The van der Waals surface area contributed by atoms with Crippen molar-refractivity contribution in [2.75, 3.05) is 5.75 Å². The van der Waals surface area contributed by atoms with E-state index < -0.39 is 10.0 Å². The number of hydrogen-bond donors (Lipinski definition) is 1. The highest BCUT2D eigenvalue weighted by molar-refractivity contribution is 7.89. The zero-order chi connectivity index (χ0) is 13.3. The second-order valence-electron chi connectivity index (χ2n) is 4.81. The van der Waals surface area contributed by atoms with Gasteiger partial charge in [-0.1, -0.05) is 19.3 Å². The van der Waals surface area contributed by atoms with Crippen LogP contribution in [0.3, 0.4) is 0 Å². The van der Waals surface area contributed by atoms with Gasteiger partial charge in [0.2, 0.25) is 10.0 Å². The molecule has 4 nitrogen and oxygen atoms in total. The minimum Gasteiger partial charge on any atom is -0.300 e. The average Bonchev–Trinajstić information content (AvgIpc) is 2.13. The molecule has 102 valence electrons. The summed E-state index contributed by atoms with van der Waals surface area (Å²) in [5, 5.41) is 0. The standard InChI is InChI=1S/C12H25NO3S/c1-11(2)13-17(15,16)10-8-6-4-5-7-9-12(3)14/h11,13H,4-10H2,1-3H3. The summed E-state index contributed by atoms with van der Waals surface area (Å²) in [7, 11) is -3.09. The first-order valence-electron chi connectivity index (χ1n) is 6.33. The fourth-order valence-electron chi connectivity index (χ4n) is 1.61. The topological polar surface area (TPSA) is 63.2 Å². The maximum Gasteiger partial charge on any atom is 0.211 e. The Morgan fingerprint density at radius 3 is 2.12 bits per heavy atom. The third-order valence-electron chi connectivity index (χ3n) is 2.36. The lowest BCUT2D eigenvalue weighted by atomic mass is 10.1. The van der Waals surface area contributed by atoms with E-state index in [-0.39, 0.29) is 17.6 Å². The number of ketones is 1. The van der Waals surface area contributed by atoms with Gasteiger partial charge in [-0.2, -0.15) is 0 Å². The first-order chi connectivity index (χ1) is 7.83. The molecule has 0 aliphatic carbocycles. The average molecular weight is 263 g/mol. The molecule has 0 saturated carbocycles. The highest BCUT2D eigenvalue weighted by atomic mass is 32.2. The lowest BCUT2D eigenvalue weighted by molar-refractivity contribution is -0.117. The molecule has 0 unspecified atom stereocenters. The largest absolute Gasteiger partial charge is 0.300 e. The summed E-state index contributed by atoms with van der Waals surface area (Å²) in [6.07, 6.45) is 5.19. The fourth-order valence-corrected chi connectivity index (χ4v) is 3.03. The third-order valence-corrected chi connectivity index (χ3v) is 4.01. The van der Waals surface area contributed by atoms with Crippen molar-refractivity contribution in [2.24, 2.45) is 0 Å². The van der Waals surface area contributed by atoms with E-state index in [4.69, 9.17) is 0 Å². The zero-order valence-electron chi connectivity index (χ0n) is 11.2. The van der Waals surface area contributed by atoms with Crippen molar-refractivity contribution in [1.82, 2.24) is 4.72 Å². The summed E-state index contributed by atoms with van der Waals surface area (Å²) in [5.41, 5.74) is 0. The molecule has 0 bridgehead atoms. The molecule has 0 heterocycles. The van der Waals surface area contributed by atoms with Crippen LogP contribution in [-0.4, -0.2) is 26.0 Å². The van der Waals surface area contributed by atoms with E-state index in [1.54, 1.807) is 6.92 Å². The Morgan fingerprint density at radius 1 is 1.06 bits per heavy atom. The van der Waals surface area contributed by atoms with Crippen LogP contribution in [0.25, 0.3) is 0 Å². The smallest absolute Gasteiger partial charge is 0.211 e. The SMILES string of the molecule is CC(=O)CCCCCCCS(=O)(=O)NC(C)C. The van der Waals surface area contributed by atoms with Gasteiger partial charge < -0.3 is 4.79 Å². The van der Waals surface area contributed by atoms with Crippen molar-refractivity contribution in [1.29, 1.82) is 0 Å². The van der Waals surface area contributed by atoms with E-state index in [1.165, 1.54) is 0 Å². The van der Waals surface area contributed by atoms with Gasteiger partial charge in [-0.3, -0.25) is 0 Å². The first kappa shape index (κ1) is 16.6. The Balaban J connectivity index is 3.48. The quantitative estimate of drug-likeness (QED) is 0.615. The van der Waals surface area contributed by atoms with Gasteiger partial charge in [-0.25, -0.2) is 13.1 Å². The lowest BCUT2D eigenvalue weighted by Crippen LogP contribution is -2.32. The van der Waals surface area contributed by atoms with E-state index in [0.717, 1.165) is 25.7 Å². The summed E-state index contributed by atoms with van der Waals surface area (Å²) < 4.78 is 25.5. The molecule has 0 rings (SSSR count). The van der Waals surface area contributed by atoms with Crippen LogP contribution in [0.4, 0.5) is 0 Å². The predicted octanol–water partition coefficient (Wildman–Crippen LogP) is 2.24. The number of carbonyl (C=O) groups is 1. The number of Topliss-reactive ketones (excluding diaryl/α,β-unsaturated/α-hetero) is 1. The third kappa shape index (κ3) is 11.8. The molecule has 1 N–H and O–H groups in total. The Labute approximate surface area is 105 Å². The van der Waals surface area contributed by atoms with Crippen LogP contribution in [0.1, 0.15) is 59.3 Å². The van der Waals surface area contributed by atoms with Gasteiger partial charge in [0.15, 0.2) is 0 Å². The minimum atomic E-state index is -3.09. The van der Waals surface area contributed by atoms with Crippen molar-refractivity contribution in [3.8, 4) is 0 Å². The van der Waals surface area contributed by atoms with Gasteiger partial charge in [-0.15, -0.1) is 0 Å². The number of unbranched alkanes of at least 4 members (excludes halogenated alkanes) is 4. The molecule has 17 heavy (non-hydrogen) atoms. The summed E-state index contributed by atoms with van der Waals surface area (Å²) in [5.74, 6) is 0.437. The molecule has 0 spiro atoms. The van der Waals surface area contributed by atoms with E-state index in [0.29, 0.717) is 12.8 Å². The fraction of sp³-hybridized carbons (Fsp3) is 0.917. The van der Waals surface area contributed by atoms with Gasteiger partial charge in [0.05, 0.1) is 5.75 Å². The molecule has 0 aromatic heterocycles. The molecule has 0 aliphatic rings. The molecule has 0 aliphatic heterocycles. The highest BCUT2D eigenvalue weighted by Gasteiger charge is 2.10. The predicted molar refractivity (Wildman–Crippen MR) is 70.4 cm³/mol. The Hall–Kier alpha value is -0.420. The zero-order valence-corrected chi connectivity index (χ0v) is 12.0. The molecule has 0 saturated heterocycles. The van der Waals surface area contributed by atoms with Crippen LogP contribution < -0.4 is 4.72 Å². The second kappa shape index (κ2) is 8.64. The van der Waals surface area contributed by atoms with Gasteiger partial charge >= 0.3 is 0 Å². The molecule has 0 atom stereocenters. The normalized spacial score (nSPS) is 12.0. The van der Waals surface area contributed by atoms with Gasteiger partial charge in [-0.05, 0) is 33.6 Å². The molecule has 0 amide bonds. The minimum absolute atomic E-state index is 0.0319. The number of nitrogens with one attached hydrogen (secondary N) is 1. The Bertz CT molecular complexity index is 310. The van der Waals surface area contributed by atoms with Crippen molar-refractivity contribution >= 4 is 15.8 Å². The highest BCUT2D eigenvalue weighted by Crippen LogP contribution is 2.06. The second-order valence-corrected chi connectivity index (χ2v) is 6.68. The molecular weight excluding hydrogens is 238 g/mol. The van der Waals surface area contributed by atoms with Crippen LogP contribution in [0.2, 0.25) is 0 Å². The Morgan fingerprint density at radius 2 is 1.59 bits per heavy atom. The van der Waals surface area contributed by atoms with Crippen LogP contribution in [-0.2, 0) is 14.8 Å². The lowest BCUT2D eigenvalue weighted by Gasteiger charge is -2.08. The molecule has 5 heteroatoms. The van der Waals surface area contributed by atoms with Gasteiger partial charge in [0.25, 0.3) is 0 Å². The molecule has 0 aromatic carbocycles. The number of carbonyl (C=O) groups excluding carboxylic acids is 1. The first-order valence-corrected chi connectivity index (χ1v) is 7.98. The van der Waals surface area contributed by atoms with Crippen LogP contribution in [0.15, 0.2) is 0 Å². The van der Waals surface area contributed by atoms with E-state index in [1.807, 2.05) is 13.8 Å². The van der Waals surface area contributed by atoms with E-state index >= 15 is 0 Å². The summed E-state index contributed by atoms with van der Waals surface area (Å²) in [4.78, 5) is 10.7. The number of sulfonamides is 1. The molecular formula is C12H25NO3S. The number of rotatable bonds is 10. The summed E-state index contributed by atoms with van der Waals surface area (Å²) >= 11 is 0. The summed E-state index contributed by atoms with van der Waals surface area (Å²) in [6, 6.07) is -0.0319. The van der Waals surface area contributed by atoms with Crippen molar-refractivity contribution in [3.05, 3.63) is 0 Å². The maximum atomic E-state index is 11.5. The van der Waals surface area contributed by atoms with Crippen LogP contribution in [0.5, 0.6) is 0 Å². The van der Waals surface area contributed by atoms with Gasteiger partial charge in [0, 0.05) is 12.5 Å². The monoisotopic (exact) mass is 263 g/mol. The van der Waals surface area contributed by atoms with Crippen LogP contribution in [0, 0.1) is 0 Å². The molecule has 0 aromatic rings.